The van der Waals surface area contributed by atoms with E-state index in [1.165, 1.54) is 6.21 Å². The van der Waals surface area contributed by atoms with Crippen molar-refractivity contribution in [1.29, 1.82) is 0 Å². The normalized spacial score (nSPS) is 11.9. The van der Waals surface area contributed by atoms with Crippen molar-refractivity contribution < 1.29 is 14.3 Å². The molecule has 33 heavy (non-hydrogen) atoms. The van der Waals surface area contributed by atoms with Crippen LogP contribution in [-0.4, -0.2) is 24.1 Å². The SMILES string of the molecule is CC(C)C(NC(=O)c1ccccc1Cl)C(=O)N/N=C/c1ccccc1OCc1ccccc1. The summed E-state index contributed by atoms with van der Waals surface area (Å²) in [5, 5.41) is 7.14. The lowest BCUT2D eigenvalue weighted by atomic mass is 10.0. The van der Waals surface area contributed by atoms with E-state index in [1.54, 1.807) is 24.3 Å². The van der Waals surface area contributed by atoms with E-state index in [0.29, 0.717) is 22.9 Å². The summed E-state index contributed by atoms with van der Waals surface area (Å²) in [6.45, 7) is 4.10. The number of rotatable bonds is 9. The fourth-order valence-corrected chi connectivity index (χ4v) is 3.31. The van der Waals surface area contributed by atoms with Gasteiger partial charge in [-0.15, -0.1) is 0 Å². The Morgan fingerprint density at radius 1 is 0.970 bits per heavy atom. The predicted octanol–water partition coefficient (Wildman–Crippen LogP) is 4.82. The zero-order valence-corrected chi connectivity index (χ0v) is 19.3. The zero-order chi connectivity index (χ0) is 23.6. The molecule has 0 aromatic heterocycles. The second-order valence-electron chi connectivity index (χ2n) is 7.72. The first-order valence-electron chi connectivity index (χ1n) is 10.6. The topological polar surface area (TPSA) is 79.8 Å². The van der Waals surface area contributed by atoms with Crippen LogP contribution in [0.2, 0.25) is 5.02 Å². The number of nitrogens with zero attached hydrogens (tertiary/aromatic N) is 1. The van der Waals surface area contributed by atoms with Gasteiger partial charge in [-0.3, -0.25) is 9.59 Å². The molecular weight excluding hydrogens is 438 g/mol. The Hall–Kier alpha value is -3.64. The van der Waals surface area contributed by atoms with Gasteiger partial charge in [0.2, 0.25) is 0 Å². The third kappa shape index (κ3) is 6.92. The molecule has 0 saturated carbocycles. The molecule has 0 bridgehead atoms. The number of carbonyl (C=O) groups is 2. The van der Waals surface area contributed by atoms with Crippen LogP contribution in [0, 0.1) is 5.92 Å². The minimum atomic E-state index is -0.782. The summed E-state index contributed by atoms with van der Waals surface area (Å²) in [6, 6.07) is 23.2. The molecule has 0 aliphatic carbocycles. The van der Waals surface area contributed by atoms with Crippen LogP contribution in [0.15, 0.2) is 84.0 Å². The second kappa shape index (κ2) is 11.8. The fourth-order valence-electron chi connectivity index (χ4n) is 3.09. The van der Waals surface area contributed by atoms with Gasteiger partial charge < -0.3 is 10.1 Å². The van der Waals surface area contributed by atoms with Gasteiger partial charge in [0, 0.05) is 5.56 Å². The zero-order valence-electron chi connectivity index (χ0n) is 18.5. The van der Waals surface area contributed by atoms with Crippen molar-refractivity contribution in [3.8, 4) is 5.75 Å². The van der Waals surface area contributed by atoms with Gasteiger partial charge in [0.05, 0.1) is 16.8 Å². The Bertz CT molecular complexity index is 1120. The minimum absolute atomic E-state index is 0.159. The number of hydrogen-bond donors (Lipinski definition) is 2. The maximum absolute atomic E-state index is 12.7. The lowest BCUT2D eigenvalue weighted by Crippen LogP contribution is -2.48. The Kier molecular flexibility index (Phi) is 8.61. The average Bonchev–Trinajstić information content (AvgIpc) is 2.82. The van der Waals surface area contributed by atoms with E-state index in [0.717, 1.165) is 11.1 Å². The van der Waals surface area contributed by atoms with Crippen LogP contribution < -0.4 is 15.5 Å². The Labute approximate surface area is 198 Å². The molecule has 6 nitrogen and oxygen atoms in total. The number of nitrogens with one attached hydrogen (secondary N) is 2. The summed E-state index contributed by atoms with van der Waals surface area (Å²) in [5.41, 5.74) is 4.59. The van der Waals surface area contributed by atoms with Gasteiger partial charge in [0.1, 0.15) is 18.4 Å². The lowest BCUT2D eigenvalue weighted by molar-refractivity contribution is -0.123. The molecule has 170 valence electrons. The number of carbonyl (C=O) groups excluding carboxylic acids is 2. The molecule has 2 amide bonds. The molecule has 0 saturated heterocycles. The highest BCUT2D eigenvalue weighted by Crippen LogP contribution is 2.18. The maximum atomic E-state index is 12.7. The molecule has 0 fully saturated rings. The Balaban J connectivity index is 1.63. The number of hydrazone groups is 1. The van der Waals surface area contributed by atoms with Gasteiger partial charge in [-0.1, -0.05) is 80.0 Å². The van der Waals surface area contributed by atoms with E-state index in [9.17, 15) is 9.59 Å². The van der Waals surface area contributed by atoms with Crippen molar-refractivity contribution in [2.75, 3.05) is 0 Å². The molecule has 1 atom stereocenters. The van der Waals surface area contributed by atoms with Crippen LogP contribution in [0.4, 0.5) is 0 Å². The summed E-state index contributed by atoms with van der Waals surface area (Å²) in [6.07, 6.45) is 1.52. The highest BCUT2D eigenvalue weighted by molar-refractivity contribution is 6.33. The first-order chi connectivity index (χ1) is 16.0. The van der Waals surface area contributed by atoms with E-state index in [1.807, 2.05) is 68.4 Å². The van der Waals surface area contributed by atoms with E-state index in [4.69, 9.17) is 16.3 Å². The van der Waals surface area contributed by atoms with Crippen molar-refractivity contribution >= 4 is 29.6 Å². The largest absolute Gasteiger partial charge is 0.488 e. The number of halogens is 1. The highest BCUT2D eigenvalue weighted by Gasteiger charge is 2.25. The van der Waals surface area contributed by atoms with Crippen molar-refractivity contribution in [3.05, 3.63) is 101 Å². The first kappa shape index (κ1) is 24.0. The number of para-hydroxylation sites is 1. The molecule has 3 aromatic rings. The van der Waals surface area contributed by atoms with Crippen LogP contribution in [0.5, 0.6) is 5.75 Å². The van der Waals surface area contributed by atoms with Gasteiger partial charge in [-0.2, -0.15) is 5.10 Å². The summed E-state index contributed by atoms with van der Waals surface area (Å²) in [5.74, 6) is -0.359. The third-order valence-electron chi connectivity index (χ3n) is 4.89. The van der Waals surface area contributed by atoms with Crippen LogP contribution in [0.3, 0.4) is 0 Å². The number of hydrogen-bond acceptors (Lipinski definition) is 4. The number of benzene rings is 3. The number of amides is 2. The molecule has 0 aliphatic rings. The second-order valence-corrected chi connectivity index (χ2v) is 8.13. The standard InChI is InChI=1S/C26H26ClN3O3/c1-18(2)24(29-25(31)21-13-7-8-14-22(21)27)26(32)30-28-16-20-12-6-9-15-23(20)33-17-19-10-4-3-5-11-19/h3-16,18,24H,17H2,1-2H3,(H,29,31)(H,30,32)/b28-16+. The highest BCUT2D eigenvalue weighted by atomic mass is 35.5. The van der Waals surface area contributed by atoms with Gasteiger partial charge in [0.15, 0.2) is 0 Å². The van der Waals surface area contributed by atoms with Crippen molar-refractivity contribution in [2.45, 2.75) is 26.5 Å². The molecule has 0 spiro atoms. The summed E-state index contributed by atoms with van der Waals surface area (Å²) in [7, 11) is 0. The lowest BCUT2D eigenvalue weighted by Gasteiger charge is -2.20. The molecule has 3 aromatic carbocycles. The number of ether oxygens (including phenoxy) is 1. The molecule has 0 radical (unpaired) electrons. The van der Waals surface area contributed by atoms with E-state index in [-0.39, 0.29) is 5.92 Å². The predicted molar refractivity (Wildman–Crippen MR) is 130 cm³/mol. The van der Waals surface area contributed by atoms with Crippen molar-refractivity contribution in [2.24, 2.45) is 11.0 Å². The maximum Gasteiger partial charge on any atom is 0.262 e. The van der Waals surface area contributed by atoms with Crippen LogP contribution in [0.25, 0.3) is 0 Å². The molecule has 0 heterocycles. The van der Waals surface area contributed by atoms with E-state index in [2.05, 4.69) is 15.8 Å². The van der Waals surface area contributed by atoms with Crippen LogP contribution >= 0.6 is 11.6 Å². The van der Waals surface area contributed by atoms with Crippen molar-refractivity contribution in [1.82, 2.24) is 10.7 Å². The monoisotopic (exact) mass is 463 g/mol. The molecule has 0 aliphatic heterocycles. The first-order valence-corrected chi connectivity index (χ1v) is 11.0. The Morgan fingerprint density at radius 2 is 1.64 bits per heavy atom. The summed E-state index contributed by atoms with van der Waals surface area (Å²) in [4.78, 5) is 25.3. The van der Waals surface area contributed by atoms with Gasteiger partial charge >= 0.3 is 0 Å². The average molecular weight is 464 g/mol. The molecule has 3 rings (SSSR count). The van der Waals surface area contributed by atoms with Gasteiger partial charge in [-0.05, 0) is 35.7 Å². The van der Waals surface area contributed by atoms with Gasteiger partial charge in [0.25, 0.3) is 11.8 Å². The van der Waals surface area contributed by atoms with E-state index >= 15 is 0 Å². The Morgan fingerprint density at radius 3 is 2.36 bits per heavy atom. The van der Waals surface area contributed by atoms with Gasteiger partial charge in [-0.25, -0.2) is 5.43 Å². The van der Waals surface area contributed by atoms with Crippen LogP contribution in [0.1, 0.15) is 35.3 Å². The summed E-state index contributed by atoms with van der Waals surface area (Å²) >= 11 is 6.10. The summed E-state index contributed by atoms with van der Waals surface area (Å²) < 4.78 is 5.91. The third-order valence-corrected chi connectivity index (χ3v) is 5.22. The molecule has 7 heteroatoms. The smallest absolute Gasteiger partial charge is 0.262 e. The fraction of sp³-hybridized carbons (Fsp3) is 0.192. The molecule has 1 unspecified atom stereocenters. The molecular formula is C26H26ClN3O3. The van der Waals surface area contributed by atoms with Crippen molar-refractivity contribution in [3.63, 3.8) is 0 Å². The molecule has 2 N–H and O–H groups in total. The van der Waals surface area contributed by atoms with Crippen LogP contribution in [-0.2, 0) is 11.4 Å². The minimum Gasteiger partial charge on any atom is -0.488 e. The quantitative estimate of drug-likeness (QED) is 0.352. The van der Waals surface area contributed by atoms with E-state index < -0.39 is 17.9 Å².